The van der Waals surface area contributed by atoms with Crippen molar-refractivity contribution in [2.24, 2.45) is 0 Å². The van der Waals surface area contributed by atoms with Gasteiger partial charge >= 0.3 is 0 Å². The van der Waals surface area contributed by atoms with Crippen LogP contribution in [0.15, 0.2) is 164 Å². The van der Waals surface area contributed by atoms with E-state index in [0.717, 1.165) is 99.2 Å². The largest absolute Gasteiger partial charge is 0.385 e. The molecule has 1 aliphatic carbocycles. The van der Waals surface area contributed by atoms with E-state index in [1.807, 2.05) is 0 Å². The molecule has 2 heterocycles. The van der Waals surface area contributed by atoms with Crippen LogP contribution in [0, 0.1) is 0 Å². The van der Waals surface area contributed by atoms with Crippen LogP contribution in [-0.2, 0) is 5.60 Å². The third kappa shape index (κ3) is 5.07. The van der Waals surface area contributed by atoms with E-state index < -0.39 is 5.60 Å². The summed E-state index contributed by atoms with van der Waals surface area (Å²) in [5, 5.41) is 20.6. The number of rotatable bonds is 6. The predicted octanol–water partition coefficient (Wildman–Crippen LogP) is 13.2. The third-order valence-corrected chi connectivity index (χ3v) is 12.6. The van der Waals surface area contributed by atoms with Crippen molar-refractivity contribution in [3.05, 3.63) is 169 Å². The molecule has 0 bridgehead atoms. The number of fused-ring (bicyclic) bond motifs is 4. The second-order valence-corrected chi connectivity index (χ2v) is 16.0. The van der Waals surface area contributed by atoms with Crippen molar-refractivity contribution in [2.75, 3.05) is 36.7 Å². The van der Waals surface area contributed by atoms with Crippen LogP contribution in [0.2, 0.25) is 0 Å². The van der Waals surface area contributed by atoms with E-state index in [4.69, 9.17) is 0 Å². The van der Waals surface area contributed by atoms with Gasteiger partial charge in [0.1, 0.15) is 22.7 Å². The number of nitrogens with one attached hydrogen (secondary N) is 2. The standard InChI is InChI=1S/C50H47N5O/c1-53-43-25-12-10-23-41(43)51-48-39(22-16-26-44(48)53)38-31-30-37(34-40(38)50(56)32-14-15-33-50)55(35-18-6-4-7-19-35,36-20-8-5-9-21-36)47-29-17-28-46-49(47)52-42-24-11-13-27-45(42)54(46,2)3/h4-13,16-31,34,51-52,56H,14-15,32-33H2,1-3H3/q+2. The summed E-state index contributed by atoms with van der Waals surface area (Å²) in [6.07, 6.45) is 3.41. The molecular formula is C50H47N5O+2. The predicted molar refractivity (Wildman–Crippen MR) is 235 cm³/mol. The van der Waals surface area contributed by atoms with Crippen molar-refractivity contribution in [2.45, 2.75) is 31.3 Å². The Morgan fingerprint density at radius 2 is 1.14 bits per heavy atom. The lowest BCUT2D eigenvalue weighted by molar-refractivity contribution is 0.0450. The lowest BCUT2D eigenvalue weighted by Crippen LogP contribution is -2.40. The van der Waals surface area contributed by atoms with Gasteiger partial charge in [-0.15, -0.1) is 0 Å². The van der Waals surface area contributed by atoms with Crippen LogP contribution in [0.3, 0.4) is 0 Å². The average molecular weight is 734 g/mol. The van der Waals surface area contributed by atoms with Gasteiger partial charge in [0.25, 0.3) is 0 Å². The molecule has 0 saturated heterocycles. The number of benzene rings is 7. The summed E-state index contributed by atoms with van der Waals surface area (Å²) >= 11 is 0. The Morgan fingerprint density at radius 3 is 1.88 bits per heavy atom. The summed E-state index contributed by atoms with van der Waals surface area (Å²) < 4.78 is 0.911. The van der Waals surface area contributed by atoms with Gasteiger partial charge in [-0.2, -0.15) is 4.48 Å². The van der Waals surface area contributed by atoms with Crippen LogP contribution in [0.4, 0.5) is 68.2 Å². The number of quaternary nitrogens is 2. The van der Waals surface area contributed by atoms with E-state index >= 15 is 0 Å². The SMILES string of the molecule is CN1c2ccccc2Nc2c(-c3ccc([N+](c4ccccc4)(c4ccccc4)c4cccc5c4Nc4ccccc4[N+]5(C)C)cc3C3(O)CCCC3)cccc21. The molecule has 0 atom stereocenters. The molecule has 1 fully saturated rings. The summed E-state index contributed by atoms with van der Waals surface area (Å²) in [5.74, 6) is 0. The minimum atomic E-state index is -0.984. The quantitative estimate of drug-likeness (QED) is 0.149. The first-order valence-corrected chi connectivity index (χ1v) is 19.8. The number of nitrogens with zero attached hydrogens (tertiary/aromatic N) is 3. The van der Waals surface area contributed by atoms with Gasteiger partial charge in [0, 0.05) is 67.2 Å². The number of hydrogen-bond acceptors (Lipinski definition) is 4. The van der Waals surface area contributed by atoms with E-state index in [1.54, 1.807) is 0 Å². The first-order valence-electron chi connectivity index (χ1n) is 19.8. The first kappa shape index (κ1) is 34.3. The van der Waals surface area contributed by atoms with E-state index in [-0.39, 0.29) is 0 Å². The Hall–Kier alpha value is -6.18. The van der Waals surface area contributed by atoms with Gasteiger partial charge in [0.15, 0.2) is 22.7 Å². The van der Waals surface area contributed by atoms with Crippen molar-refractivity contribution in [3.63, 3.8) is 0 Å². The summed E-state index contributed by atoms with van der Waals surface area (Å²) in [6.45, 7) is 0. The highest BCUT2D eigenvalue weighted by atomic mass is 16.3. The fraction of sp³-hybridized carbons (Fsp3) is 0.160. The monoisotopic (exact) mass is 733 g/mol. The lowest BCUT2D eigenvalue weighted by Gasteiger charge is -2.42. The second-order valence-electron chi connectivity index (χ2n) is 16.0. The fourth-order valence-corrected chi connectivity index (χ4v) is 9.80. The minimum Gasteiger partial charge on any atom is -0.385 e. The molecule has 0 unspecified atom stereocenters. The molecule has 56 heavy (non-hydrogen) atoms. The lowest BCUT2D eigenvalue weighted by atomic mass is 9.84. The molecule has 0 spiro atoms. The van der Waals surface area contributed by atoms with Gasteiger partial charge in [0.05, 0.1) is 42.4 Å². The van der Waals surface area contributed by atoms with Crippen molar-refractivity contribution >= 4 is 68.2 Å². The molecule has 3 aliphatic rings. The summed E-state index contributed by atoms with van der Waals surface area (Å²) in [4.78, 5) is 2.26. The number of hydrogen-bond donors (Lipinski definition) is 3. The second kappa shape index (κ2) is 13.0. The Kier molecular flexibility index (Phi) is 7.94. The molecule has 0 radical (unpaired) electrons. The fourth-order valence-electron chi connectivity index (χ4n) is 9.80. The smallest absolute Gasteiger partial charge is 0.178 e. The van der Waals surface area contributed by atoms with Gasteiger partial charge in [0.2, 0.25) is 0 Å². The van der Waals surface area contributed by atoms with Gasteiger partial charge in [-0.05, 0) is 54.3 Å². The number of anilines is 6. The van der Waals surface area contributed by atoms with E-state index in [1.165, 1.54) is 11.4 Å². The zero-order valence-electron chi connectivity index (χ0n) is 32.2. The van der Waals surface area contributed by atoms with Crippen LogP contribution >= 0.6 is 0 Å². The molecule has 2 aliphatic heterocycles. The van der Waals surface area contributed by atoms with Gasteiger partial charge in [-0.25, -0.2) is 0 Å². The molecule has 6 heteroatoms. The molecule has 3 N–H and O–H groups in total. The Bertz CT molecular complexity index is 2570. The number of para-hydroxylation sites is 8. The Balaban J connectivity index is 1.27. The van der Waals surface area contributed by atoms with Crippen molar-refractivity contribution < 1.29 is 5.11 Å². The molecule has 10 rings (SSSR count). The maximum Gasteiger partial charge on any atom is 0.178 e. The van der Waals surface area contributed by atoms with E-state index in [9.17, 15) is 5.11 Å². The van der Waals surface area contributed by atoms with Gasteiger partial charge in [-0.1, -0.05) is 91.7 Å². The maximum absolute atomic E-state index is 12.8. The van der Waals surface area contributed by atoms with E-state index in [2.05, 4.69) is 200 Å². The van der Waals surface area contributed by atoms with E-state index in [0.29, 0.717) is 8.97 Å². The Morgan fingerprint density at radius 1 is 0.554 bits per heavy atom. The summed E-state index contributed by atoms with van der Waals surface area (Å²) in [5.41, 5.74) is 15.4. The average Bonchev–Trinajstić information content (AvgIpc) is 3.69. The highest BCUT2D eigenvalue weighted by Gasteiger charge is 2.47. The minimum absolute atomic E-state index is 0.310. The van der Waals surface area contributed by atoms with Crippen LogP contribution in [-0.4, -0.2) is 26.2 Å². The van der Waals surface area contributed by atoms with Crippen molar-refractivity contribution in [1.29, 1.82) is 0 Å². The molecule has 1 saturated carbocycles. The van der Waals surface area contributed by atoms with Crippen LogP contribution in [0.25, 0.3) is 11.1 Å². The maximum atomic E-state index is 12.8. The summed E-state index contributed by atoms with van der Waals surface area (Å²) in [7, 11) is 6.68. The Labute approximate surface area is 329 Å². The molecule has 6 nitrogen and oxygen atoms in total. The molecule has 7 aromatic rings. The van der Waals surface area contributed by atoms with Gasteiger partial charge in [-0.3, -0.25) is 4.48 Å². The highest BCUT2D eigenvalue weighted by molar-refractivity contribution is 6.01. The van der Waals surface area contributed by atoms with Crippen molar-refractivity contribution in [3.8, 4) is 11.1 Å². The molecular weight excluding hydrogens is 687 g/mol. The van der Waals surface area contributed by atoms with Crippen LogP contribution in [0.1, 0.15) is 31.2 Å². The zero-order chi connectivity index (χ0) is 38.1. The van der Waals surface area contributed by atoms with Crippen LogP contribution < -0.4 is 24.5 Å². The molecule has 7 aromatic carbocycles. The number of aliphatic hydroxyl groups is 1. The normalized spacial score (nSPS) is 16.1. The highest BCUT2D eigenvalue weighted by Crippen LogP contribution is 2.60. The summed E-state index contributed by atoms with van der Waals surface area (Å²) in [6, 6.07) is 59.0. The molecule has 276 valence electrons. The molecule has 0 amide bonds. The first-order chi connectivity index (χ1) is 27.3. The zero-order valence-corrected chi connectivity index (χ0v) is 32.2. The third-order valence-electron chi connectivity index (χ3n) is 12.6. The topological polar surface area (TPSA) is 47.5 Å². The van der Waals surface area contributed by atoms with Gasteiger partial charge < -0.3 is 20.6 Å². The van der Waals surface area contributed by atoms with Crippen molar-refractivity contribution in [1.82, 2.24) is 8.97 Å². The van der Waals surface area contributed by atoms with Crippen LogP contribution in [0.5, 0.6) is 0 Å². The molecule has 0 aromatic heterocycles.